The molecule has 1 atom stereocenters. The minimum Gasteiger partial charge on any atom is -0.368 e. The first-order valence-electron chi connectivity index (χ1n) is 6.34. The summed E-state index contributed by atoms with van der Waals surface area (Å²) in [5, 5.41) is 3.20. The Kier molecular flexibility index (Phi) is 3.98. The Morgan fingerprint density at radius 2 is 2.44 bits per heavy atom. The summed E-state index contributed by atoms with van der Waals surface area (Å²) in [4.78, 5) is 17.7. The van der Waals surface area contributed by atoms with Crippen LogP contribution in [0.5, 0.6) is 0 Å². The Morgan fingerprint density at radius 1 is 1.67 bits per heavy atom. The molecular weight excluding hydrogens is 230 g/mol. The van der Waals surface area contributed by atoms with Crippen LogP contribution in [0.25, 0.3) is 0 Å². The third-order valence-corrected chi connectivity index (χ3v) is 3.35. The van der Waals surface area contributed by atoms with Gasteiger partial charge in [-0.05, 0) is 13.8 Å². The van der Waals surface area contributed by atoms with E-state index in [-0.39, 0.29) is 11.9 Å². The molecule has 2 rings (SSSR count). The predicted molar refractivity (Wildman–Crippen MR) is 68.9 cm³/mol. The van der Waals surface area contributed by atoms with Gasteiger partial charge in [-0.3, -0.25) is 9.69 Å². The maximum Gasteiger partial charge on any atom is 0.236 e. The van der Waals surface area contributed by atoms with Gasteiger partial charge in [0.2, 0.25) is 5.91 Å². The summed E-state index contributed by atoms with van der Waals surface area (Å²) >= 11 is 0. The number of imidazole rings is 1. The maximum absolute atomic E-state index is 11.4. The van der Waals surface area contributed by atoms with E-state index in [1.807, 2.05) is 12.5 Å². The molecule has 1 aromatic heterocycles. The number of nitrogens with one attached hydrogen (secondary N) is 1. The van der Waals surface area contributed by atoms with Crippen LogP contribution in [0.15, 0.2) is 12.5 Å². The summed E-state index contributed by atoms with van der Waals surface area (Å²) in [5.74, 6) is -0.266. The molecule has 18 heavy (non-hydrogen) atoms. The van der Waals surface area contributed by atoms with Crippen LogP contribution in [-0.4, -0.2) is 46.0 Å². The summed E-state index contributed by atoms with van der Waals surface area (Å²) in [6.45, 7) is 7.30. The fourth-order valence-corrected chi connectivity index (χ4v) is 2.34. The summed E-state index contributed by atoms with van der Waals surface area (Å²) in [7, 11) is 0. The molecule has 1 aliphatic heterocycles. The van der Waals surface area contributed by atoms with Gasteiger partial charge in [0.15, 0.2) is 0 Å². The second-order valence-electron chi connectivity index (χ2n) is 4.98. The lowest BCUT2D eigenvalue weighted by Crippen LogP contribution is -2.56. The zero-order chi connectivity index (χ0) is 13.1. The van der Waals surface area contributed by atoms with Gasteiger partial charge in [0, 0.05) is 38.4 Å². The van der Waals surface area contributed by atoms with Gasteiger partial charge in [0.1, 0.15) is 6.04 Å². The van der Waals surface area contributed by atoms with Gasteiger partial charge in [0.05, 0.1) is 12.0 Å². The van der Waals surface area contributed by atoms with Gasteiger partial charge >= 0.3 is 0 Å². The Morgan fingerprint density at radius 3 is 3.11 bits per heavy atom. The van der Waals surface area contributed by atoms with Crippen molar-refractivity contribution in [1.29, 1.82) is 0 Å². The number of nitrogens with two attached hydrogens (primary N) is 1. The third-order valence-electron chi connectivity index (χ3n) is 3.35. The van der Waals surface area contributed by atoms with E-state index in [0.29, 0.717) is 19.1 Å². The molecule has 1 unspecified atom stereocenters. The molecule has 0 aromatic carbocycles. The lowest BCUT2D eigenvalue weighted by molar-refractivity contribution is -0.124. The number of aromatic nitrogens is 2. The first-order valence-corrected chi connectivity index (χ1v) is 6.34. The molecule has 0 radical (unpaired) electrons. The molecule has 3 N–H and O–H groups in total. The van der Waals surface area contributed by atoms with Crippen LogP contribution in [0.2, 0.25) is 0 Å². The third kappa shape index (κ3) is 2.70. The van der Waals surface area contributed by atoms with E-state index in [4.69, 9.17) is 5.73 Å². The summed E-state index contributed by atoms with van der Waals surface area (Å²) in [6.07, 6.45) is 3.70. The second kappa shape index (κ2) is 5.49. The van der Waals surface area contributed by atoms with E-state index < -0.39 is 0 Å². The zero-order valence-corrected chi connectivity index (χ0v) is 11.0. The Balaban J connectivity index is 2.11. The van der Waals surface area contributed by atoms with E-state index in [0.717, 1.165) is 18.8 Å². The smallest absolute Gasteiger partial charge is 0.236 e. The van der Waals surface area contributed by atoms with E-state index in [1.165, 1.54) is 0 Å². The SMILES string of the molecule is CC(C)n1cncc1CN1CCNCC1C(N)=O. The van der Waals surface area contributed by atoms with Crippen molar-refractivity contribution in [1.82, 2.24) is 19.8 Å². The van der Waals surface area contributed by atoms with Crippen LogP contribution in [0.4, 0.5) is 0 Å². The van der Waals surface area contributed by atoms with E-state index in [9.17, 15) is 4.79 Å². The molecule has 1 saturated heterocycles. The van der Waals surface area contributed by atoms with Gasteiger partial charge in [-0.25, -0.2) is 4.98 Å². The fourth-order valence-electron chi connectivity index (χ4n) is 2.34. The Bertz CT molecular complexity index is 414. The number of carbonyl (C=O) groups excluding carboxylic acids is 1. The van der Waals surface area contributed by atoms with Gasteiger partial charge < -0.3 is 15.6 Å². The minimum absolute atomic E-state index is 0.228. The minimum atomic E-state index is -0.266. The van der Waals surface area contributed by atoms with Crippen molar-refractivity contribution in [3.63, 3.8) is 0 Å². The van der Waals surface area contributed by atoms with Crippen molar-refractivity contribution in [2.24, 2.45) is 5.73 Å². The van der Waals surface area contributed by atoms with Gasteiger partial charge in [-0.2, -0.15) is 0 Å². The van der Waals surface area contributed by atoms with E-state index in [2.05, 4.69) is 33.6 Å². The molecule has 6 nitrogen and oxygen atoms in total. The molecule has 100 valence electrons. The highest BCUT2D eigenvalue weighted by molar-refractivity contribution is 5.80. The second-order valence-corrected chi connectivity index (χ2v) is 4.98. The molecule has 1 aliphatic rings. The molecule has 2 heterocycles. The van der Waals surface area contributed by atoms with Crippen LogP contribution in [0.1, 0.15) is 25.6 Å². The number of nitrogens with zero attached hydrogens (tertiary/aromatic N) is 3. The van der Waals surface area contributed by atoms with E-state index in [1.54, 1.807) is 0 Å². The molecular formula is C12H21N5O. The molecule has 6 heteroatoms. The number of hydrogen-bond donors (Lipinski definition) is 2. The quantitative estimate of drug-likeness (QED) is 0.772. The standard InChI is InChI=1S/C12H21N5O/c1-9(2)17-8-15-5-10(17)7-16-4-3-14-6-11(16)12(13)18/h5,8-9,11,14H,3-4,6-7H2,1-2H3,(H2,13,18). The first-order chi connectivity index (χ1) is 8.59. The zero-order valence-electron chi connectivity index (χ0n) is 11.0. The highest BCUT2D eigenvalue weighted by Crippen LogP contribution is 2.14. The van der Waals surface area contributed by atoms with Crippen molar-refractivity contribution in [3.8, 4) is 0 Å². The number of amides is 1. The largest absolute Gasteiger partial charge is 0.368 e. The van der Waals surface area contributed by atoms with E-state index >= 15 is 0 Å². The molecule has 0 saturated carbocycles. The summed E-state index contributed by atoms with van der Waals surface area (Å²) in [6, 6.07) is 0.145. The van der Waals surface area contributed by atoms with Crippen LogP contribution in [-0.2, 0) is 11.3 Å². The molecule has 1 amide bonds. The van der Waals surface area contributed by atoms with Crippen LogP contribution in [0, 0.1) is 0 Å². The fraction of sp³-hybridized carbons (Fsp3) is 0.667. The maximum atomic E-state index is 11.4. The average Bonchev–Trinajstić information content (AvgIpc) is 2.77. The number of hydrogen-bond acceptors (Lipinski definition) is 4. The predicted octanol–water partition coefficient (Wildman–Crippen LogP) is -0.277. The topological polar surface area (TPSA) is 76.2 Å². The Hall–Kier alpha value is -1.40. The summed E-state index contributed by atoms with van der Waals surface area (Å²) in [5.41, 5.74) is 6.56. The molecule has 1 fully saturated rings. The highest BCUT2D eigenvalue weighted by Gasteiger charge is 2.27. The van der Waals surface area contributed by atoms with Crippen molar-refractivity contribution in [2.45, 2.75) is 32.5 Å². The lowest BCUT2D eigenvalue weighted by Gasteiger charge is -2.34. The summed E-state index contributed by atoms with van der Waals surface area (Å²) < 4.78 is 2.13. The first kappa shape index (κ1) is 13.0. The number of primary amides is 1. The number of rotatable bonds is 4. The Labute approximate surface area is 107 Å². The highest BCUT2D eigenvalue weighted by atomic mass is 16.1. The molecule has 0 spiro atoms. The van der Waals surface area contributed by atoms with Crippen molar-refractivity contribution >= 4 is 5.91 Å². The van der Waals surface area contributed by atoms with Gasteiger partial charge in [-0.1, -0.05) is 0 Å². The van der Waals surface area contributed by atoms with Gasteiger partial charge in [-0.15, -0.1) is 0 Å². The molecule has 0 bridgehead atoms. The monoisotopic (exact) mass is 251 g/mol. The van der Waals surface area contributed by atoms with Crippen LogP contribution in [0.3, 0.4) is 0 Å². The lowest BCUT2D eigenvalue weighted by atomic mass is 10.1. The van der Waals surface area contributed by atoms with Gasteiger partial charge in [0.25, 0.3) is 0 Å². The normalized spacial score (nSPS) is 21.4. The number of carbonyl (C=O) groups is 1. The van der Waals surface area contributed by atoms with Crippen LogP contribution >= 0.6 is 0 Å². The van der Waals surface area contributed by atoms with Crippen molar-refractivity contribution in [3.05, 3.63) is 18.2 Å². The van der Waals surface area contributed by atoms with Crippen LogP contribution < -0.4 is 11.1 Å². The molecule has 1 aromatic rings. The number of piperazine rings is 1. The average molecular weight is 251 g/mol. The molecule has 0 aliphatic carbocycles. The van der Waals surface area contributed by atoms with Crippen molar-refractivity contribution < 1.29 is 4.79 Å². The van der Waals surface area contributed by atoms with Crippen molar-refractivity contribution in [2.75, 3.05) is 19.6 Å².